The first-order chi connectivity index (χ1) is 16.6. The summed E-state index contributed by atoms with van der Waals surface area (Å²) in [5, 5.41) is 0. The lowest BCUT2D eigenvalue weighted by molar-refractivity contribution is 0.0871. The monoisotopic (exact) mass is 457 g/mol. The Morgan fingerprint density at radius 1 is 1.03 bits per heavy atom. The van der Waals surface area contributed by atoms with E-state index in [4.69, 9.17) is 23.7 Å². The van der Waals surface area contributed by atoms with Gasteiger partial charge in [-0.1, -0.05) is 18.2 Å². The maximum atomic E-state index is 13.2. The van der Waals surface area contributed by atoms with Gasteiger partial charge in [0, 0.05) is 13.1 Å². The number of carbonyl (C=O) groups is 1. The van der Waals surface area contributed by atoms with Gasteiger partial charge in [-0.3, -0.25) is 9.69 Å². The van der Waals surface area contributed by atoms with Crippen molar-refractivity contribution in [2.45, 2.75) is 20.0 Å². The minimum Gasteiger partial charge on any atom is -0.497 e. The lowest BCUT2D eigenvalue weighted by atomic mass is 9.98. The van der Waals surface area contributed by atoms with Crippen molar-refractivity contribution in [3.05, 3.63) is 82.1 Å². The molecule has 0 spiro atoms. The summed E-state index contributed by atoms with van der Waals surface area (Å²) in [6, 6.07) is 15.4. The smallest absolute Gasteiger partial charge is 0.232 e. The standard InChI is InChI=1S/C27H23NO6/c1-16-8-22-20(13-28(14-31-22)12-18-6-7-21-23(11-18)33-15-32-21)27-25(16)26(29)24(34-27)10-17-4-3-5-19(9-17)30-2/h3-11H,12-15H2,1-2H3/b24-10-. The number of ether oxygens (including phenoxy) is 5. The van der Waals surface area contributed by atoms with Crippen molar-refractivity contribution in [2.75, 3.05) is 20.6 Å². The van der Waals surface area contributed by atoms with E-state index in [1.54, 1.807) is 13.2 Å². The molecular weight excluding hydrogens is 434 g/mol. The Labute approximate surface area is 197 Å². The zero-order valence-corrected chi connectivity index (χ0v) is 18.9. The van der Waals surface area contributed by atoms with Gasteiger partial charge in [-0.25, -0.2) is 0 Å². The second kappa shape index (κ2) is 8.11. The van der Waals surface area contributed by atoms with Crippen LogP contribution in [0.25, 0.3) is 6.08 Å². The van der Waals surface area contributed by atoms with Gasteiger partial charge >= 0.3 is 0 Å². The molecule has 7 heteroatoms. The first-order valence-electron chi connectivity index (χ1n) is 11.1. The molecule has 0 saturated heterocycles. The molecule has 0 unspecified atom stereocenters. The molecule has 3 aromatic rings. The van der Waals surface area contributed by atoms with Gasteiger partial charge in [-0.15, -0.1) is 0 Å². The van der Waals surface area contributed by atoms with Gasteiger partial charge in [0.25, 0.3) is 0 Å². The predicted octanol–water partition coefficient (Wildman–Crippen LogP) is 4.70. The van der Waals surface area contributed by atoms with E-state index in [-0.39, 0.29) is 12.6 Å². The van der Waals surface area contributed by atoms with Crippen LogP contribution in [0.1, 0.15) is 32.6 Å². The normalized spacial score (nSPS) is 17.2. The third-order valence-corrected chi connectivity index (χ3v) is 6.22. The third kappa shape index (κ3) is 3.54. The molecule has 6 rings (SSSR count). The molecule has 0 N–H and O–H groups in total. The number of rotatable bonds is 4. The van der Waals surface area contributed by atoms with Gasteiger partial charge in [0.15, 0.2) is 17.3 Å². The summed E-state index contributed by atoms with van der Waals surface area (Å²) in [5.41, 5.74) is 4.26. The van der Waals surface area contributed by atoms with Crippen molar-refractivity contribution in [3.8, 4) is 28.7 Å². The van der Waals surface area contributed by atoms with Gasteiger partial charge < -0.3 is 23.7 Å². The molecule has 3 aliphatic heterocycles. The molecule has 3 aliphatic rings. The molecule has 7 nitrogen and oxygen atoms in total. The van der Waals surface area contributed by atoms with Crippen LogP contribution in [0.3, 0.4) is 0 Å². The number of fused-ring (bicyclic) bond motifs is 4. The van der Waals surface area contributed by atoms with Crippen LogP contribution >= 0.6 is 0 Å². The Hall–Kier alpha value is -3.97. The van der Waals surface area contributed by atoms with Crippen LogP contribution in [0, 0.1) is 6.92 Å². The highest BCUT2D eigenvalue weighted by molar-refractivity contribution is 6.15. The van der Waals surface area contributed by atoms with Gasteiger partial charge in [0.05, 0.1) is 18.2 Å². The molecule has 0 radical (unpaired) electrons. The van der Waals surface area contributed by atoms with E-state index in [9.17, 15) is 4.79 Å². The number of Topliss-reactive ketones (excluding diaryl/α,β-unsaturated/α-hetero) is 1. The van der Waals surface area contributed by atoms with Gasteiger partial charge in [0.2, 0.25) is 12.6 Å². The minimum absolute atomic E-state index is 0.119. The van der Waals surface area contributed by atoms with E-state index in [1.165, 1.54) is 0 Å². The molecule has 0 bridgehead atoms. The molecule has 172 valence electrons. The zero-order chi connectivity index (χ0) is 23.2. The first-order valence-corrected chi connectivity index (χ1v) is 11.1. The number of nitrogens with zero attached hydrogens (tertiary/aromatic N) is 1. The summed E-state index contributed by atoms with van der Waals surface area (Å²) in [7, 11) is 1.62. The van der Waals surface area contributed by atoms with Crippen molar-refractivity contribution in [3.63, 3.8) is 0 Å². The molecule has 0 fully saturated rings. The van der Waals surface area contributed by atoms with Crippen LogP contribution in [0.2, 0.25) is 0 Å². The highest BCUT2D eigenvalue weighted by atomic mass is 16.7. The van der Waals surface area contributed by atoms with E-state index >= 15 is 0 Å². The summed E-state index contributed by atoms with van der Waals surface area (Å²) in [6.07, 6.45) is 1.75. The van der Waals surface area contributed by atoms with Crippen molar-refractivity contribution in [2.24, 2.45) is 0 Å². The topological polar surface area (TPSA) is 66.5 Å². The average molecular weight is 457 g/mol. The number of benzene rings is 3. The summed E-state index contributed by atoms with van der Waals surface area (Å²) in [6.45, 7) is 3.88. The maximum absolute atomic E-state index is 13.2. The third-order valence-electron chi connectivity index (χ3n) is 6.22. The molecule has 3 heterocycles. The maximum Gasteiger partial charge on any atom is 0.232 e. The second-order valence-electron chi connectivity index (χ2n) is 8.54. The van der Waals surface area contributed by atoms with E-state index < -0.39 is 0 Å². The predicted molar refractivity (Wildman–Crippen MR) is 124 cm³/mol. The minimum atomic E-state index is -0.119. The van der Waals surface area contributed by atoms with E-state index in [0.717, 1.165) is 45.3 Å². The van der Waals surface area contributed by atoms with Crippen molar-refractivity contribution >= 4 is 11.9 Å². The summed E-state index contributed by atoms with van der Waals surface area (Å²) in [4.78, 5) is 15.4. The highest BCUT2D eigenvalue weighted by Gasteiger charge is 2.35. The van der Waals surface area contributed by atoms with Crippen molar-refractivity contribution in [1.29, 1.82) is 0 Å². The number of allylic oxidation sites excluding steroid dienone is 1. The van der Waals surface area contributed by atoms with Gasteiger partial charge in [-0.05, 0) is 60.0 Å². The zero-order valence-electron chi connectivity index (χ0n) is 18.9. The molecule has 0 amide bonds. The first kappa shape index (κ1) is 20.6. The Kier molecular flexibility index (Phi) is 4.92. The Balaban J connectivity index is 1.29. The molecular formula is C27H23NO6. The fourth-order valence-corrected chi connectivity index (χ4v) is 4.56. The van der Waals surface area contributed by atoms with E-state index in [0.29, 0.717) is 36.9 Å². The fraction of sp³-hybridized carbons (Fsp3) is 0.222. The molecule has 0 atom stereocenters. The number of hydrogen-bond donors (Lipinski definition) is 0. The van der Waals surface area contributed by atoms with E-state index in [2.05, 4.69) is 4.90 Å². The van der Waals surface area contributed by atoms with Crippen LogP contribution < -0.4 is 23.7 Å². The Morgan fingerprint density at radius 3 is 2.79 bits per heavy atom. The average Bonchev–Trinajstić information content (AvgIpc) is 3.44. The number of methoxy groups -OCH3 is 1. The van der Waals surface area contributed by atoms with Crippen molar-refractivity contribution < 1.29 is 28.5 Å². The summed E-state index contributed by atoms with van der Waals surface area (Å²) in [5.74, 6) is 3.77. The second-order valence-corrected chi connectivity index (χ2v) is 8.54. The largest absolute Gasteiger partial charge is 0.497 e. The molecule has 0 saturated carbocycles. The summed E-state index contributed by atoms with van der Waals surface area (Å²) >= 11 is 0. The van der Waals surface area contributed by atoms with Crippen LogP contribution in [-0.4, -0.2) is 31.3 Å². The lowest BCUT2D eigenvalue weighted by Gasteiger charge is -2.30. The Bertz CT molecular complexity index is 1350. The SMILES string of the molecule is COc1cccc(/C=C2\Oc3c4c(cc(C)c3C2=O)OCN(Cc2ccc3c(c2)OCO3)C4)c1. The quantitative estimate of drug-likeness (QED) is 0.526. The highest BCUT2D eigenvalue weighted by Crippen LogP contribution is 2.44. The molecule has 34 heavy (non-hydrogen) atoms. The number of ketones is 1. The van der Waals surface area contributed by atoms with Crippen molar-refractivity contribution in [1.82, 2.24) is 4.90 Å². The molecule has 3 aromatic carbocycles. The van der Waals surface area contributed by atoms with Gasteiger partial charge in [-0.2, -0.15) is 0 Å². The van der Waals surface area contributed by atoms with Crippen LogP contribution in [-0.2, 0) is 13.1 Å². The summed E-state index contributed by atoms with van der Waals surface area (Å²) < 4.78 is 28.4. The molecule has 0 aliphatic carbocycles. The van der Waals surface area contributed by atoms with E-state index in [1.807, 2.05) is 55.5 Å². The fourth-order valence-electron chi connectivity index (χ4n) is 4.56. The van der Waals surface area contributed by atoms with Gasteiger partial charge in [0.1, 0.15) is 24.0 Å². The van der Waals surface area contributed by atoms with Crippen LogP contribution in [0.5, 0.6) is 28.7 Å². The van der Waals surface area contributed by atoms with Crippen LogP contribution in [0.4, 0.5) is 0 Å². The number of aryl methyl sites for hydroxylation is 1. The number of carbonyl (C=O) groups excluding carboxylic acids is 1. The Morgan fingerprint density at radius 2 is 1.91 bits per heavy atom. The molecule has 0 aromatic heterocycles. The number of hydrogen-bond acceptors (Lipinski definition) is 7. The van der Waals surface area contributed by atoms with Crippen LogP contribution in [0.15, 0.2) is 54.3 Å². The lowest BCUT2D eigenvalue weighted by Crippen LogP contribution is -2.31.